The van der Waals surface area contributed by atoms with E-state index in [4.69, 9.17) is 32.7 Å². The molecule has 0 radical (unpaired) electrons. The average Bonchev–Trinajstić information content (AvgIpc) is 2.72. The molecule has 0 saturated carbocycles. The smallest absolute Gasteiger partial charge is 0.145 e. The van der Waals surface area contributed by atoms with Crippen molar-refractivity contribution in [3.8, 4) is 5.75 Å². The van der Waals surface area contributed by atoms with Gasteiger partial charge in [0.1, 0.15) is 12.4 Å². The lowest BCUT2D eigenvalue weighted by atomic mass is 10.1. The molecular weight excluding hydrogens is 395 g/mol. The van der Waals surface area contributed by atoms with E-state index in [1.807, 2.05) is 6.07 Å². The van der Waals surface area contributed by atoms with Crippen LogP contribution in [0.2, 0.25) is 10.0 Å². The Bertz CT molecular complexity index is 862. The molecule has 0 bridgehead atoms. The zero-order valence-corrected chi connectivity index (χ0v) is 17.4. The van der Waals surface area contributed by atoms with E-state index in [0.29, 0.717) is 22.4 Å². The highest BCUT2D eigenvalue weighted by molar-refractivity contribution is 6.36. The minimum atomic E-state index is 0.240. The van der Waals surface area contributed by atoms with Gasteiger partial charge in [-0.2, -0.15) is 0 Å². The van der Waals surface area contributed by atoms with Crippen molar-refractivity contribution in [1.82, 2.24) is 5.32 Å². The second-order valence-electron chi connectivity index (χ2n) is 7.19. The Morgan fingerprint density at radius 2 is 1.86 bits per heavy atom. The number of morpholine rings is 1. The number of rotatable bonds is 5. The summed E-state index contributed by atoms with van der Waals surface area (Å²) in [5, 5.41) is 4.75. The van der Waals surface area contributed by atoms with Gasteiger partial charge in [0, 0.05) is 41.9 Å². The number of fused-ring (bicyclic) bond motifs is 1. The summed E-state index contributed by atoms with van der Waals surface area (Å²) >= 11 is 12.3. The molecule has 6 heteroatoms. The lowest BCUT2D eigenvalue weighted by Crippen LogP contribution is -2.36. The summed E-state index contributed by atoms with van der Waals surface area (Å²) in [4.78, 5) is 2.36. The van der Waals surface area contributed by atoms with Crippen LogP contribution in [0.1, 0.15) is 24.1 Å². The Hall–Kier alpha value is -1.72. The minimum Gasteiger partial charge on any atom is -0.487 e. The van der Waals surface area contributed by atoms with Gasteiger partial charge in [-0.05, 0) is 48.4 Å². The topological polar surface area (TPSA) is 33.7 Å². The molecule has 28 heavy (non-hydrogen) atoms. The van der Waals surface area contributed by atoms with Crippen LogP contribution in [0.4, 0.5) is 5.69 Å². The first-order valence-corrected chi connectivity index (χ1v) is 10.3. The molecule has 0 aliphatic carbocycles. The van der Waals surface area contributed by atoms with E-state index in [1.165, 1.54) is 16.8 Å². The molecule has 1 N–H and O–H groups in total. The Morgan fingerprint density at radius 1 is 1.11 bits per heavy atom. The Kier molecular flexibility index (Phi) is 6.12. The molecule has 1 unspecified atom stereocenters. The van der Waals surface area contributed by atoms with E-state index in [1.54, 1.807) is 6.07 Å². The Morgan fingerprint density at radius 3 is 2.61 bits per heavy atom. The van der Waals surface area contributed by atoms with Crippen molar-refractivity contribution in [3.63, 3.8) is 0 Å². The molecule has 1 atom stereocenters. The van der Waals surface area contributed by atoms with Crippen molar-refractivity contribution in [2.75, 3.05) is 44.4 Å². The quantitative estimate of drug-likeness (QED) is 0.743. The van der Waals surface area contributed by atoms with Crippen molar-refractivity contribution in [3.05, 3.63) is 63.1 Å². The van der Waals surface area contributed by atoms with Gasteiger partial charge in [-0.15, -0.1) is 0 Å². The predicted molar refractivity (Wildman–Crippen MR) is 116 cm³/mol. The van der Waals surface area contributed by atoms with E-state index < -0.39 is 0 Å². The molecule has 2 aromatic carbocycles. The number of ether oxygens (including phenoxy) is 2. The third kappa shape index (κ3) is 4.47. The zero-order chi connectivity index (χ0) is 19.5. The minimum absolute atomic E-state index is 0.240. The number of benzene rings is 2. The van der Waals surface area contributed by atoms with Gasteiger partial charge >= 0.3 is 0 Å². The van der Waals surface area contributed by atoms with Gasteiger partial charge in [-0.1, -0.05) is 35.3 Å². The molecule has 4 rings (SSSR count). The fourth-order valence-electron chi connectivity index (χ4n) is 3.57. The van der Waals surface area contributed by atoms with Gasteiger partial charge in [-0.25, -0.2) is 0 Å². The van der Waals surface area contributed by atoms with Crippen LogP contribution in [0.5, 0.6) is 5.75 Å². The third-order valence-corrected chi connectivity index (χ3v) is 5.70. The lowest BCUT2D eigenvalue weighted by molar-refractivity contribution is 0.122. The number of hydrogen-bond donors (Lipinski definition) is 1. The average molecular weight is 419 g/mol. The van der Waals surface area contributed by atoms with Crippen molar-refractivity contribution in [1.29, 1.82) is 0 Å². The highest BCUT2D eigenvalue weighted by Crippen LogP contribution is 2.36. The molecule has 1 saturated heterocycles. The maximum Gasteiger partial charge on any atom is 0.145 e. The van der Waals surface area contributed by atoms with Crippen LogP contribution in [-0.4, -0.2) is 39.5 Å². The maximum absolute atomic E-state index is 6.21. The molecule has 148 valence electrons. The summed E-state index contributed by atoms with van der Waals surface area (Å²) in [6, 6.07) is 12.6. The summed E-state index contributed by atoms with van der Waals surface area (Å²) in [5.74, 6) is 0.710. The fraction of sp³-hybridized carbons (Fsp3) is 0.364. The van der Waals surface area contributed by atoms with E-state index in [-0.39, 0.29) is 6.04 Å². The van der Waals surface area contributed by atoms with Gasteiger partial charge in [0.25, 0.3) is 0 Å². The van der Waals surface area contributed by atoms with Crippen LogP contribution >= 0.6 is 23.2 Å². The van der Waals surface area contributed by atoms with Crippen molar-refractivity contribution < 1.29 is 9.47 Å². The molecule has 0 amide bonds. The first-order chi connectivity index (χ1) is 13.6. The monoisotopic (exact) mass is 418 g/mol. The molecule has 2 aromatic rings. The number of nitrogens with zero attached hydrogens (tertiary/aromatic N) is 1. The summed E-state index contributed by atoms with van der Waals surface area (Å²) in [6.45, 7) is 6.97. The molecule has 2 aliphatic heterocycles. The van der Waals surface area contributed by atoms with Gasteiger partial charge in [0.2, 0.25) is 0 Å². The van der Waals surface area contributed by atoms with Crippen LogP contribution in [0.25, 0.3) is 6.08 Å². The first kappa shape index (κ1) is 19.6. The summed E-state index contributed by atoms with van der Waals surface area (Å²) < 4.78 is 11.3. The molecule has 0 aromatic heterocycles. The molecular formula is C22H24Cl2N2O2. The highest BCUT2D eigenvalue weighted by atomic mass is 35.5. The second kappa shape index (κ2) is 8.75. The number of halogens is 2. The normalized spacial score (nSPS) is 17.5. The van der Waals surface area contributed by atoms with Crippen LogP contribution in [0.15, 0.2) is 42.0 Å². The van der Waals surface area contributed by atoms with E-state index in [2.05, 4.69) is 47.5 Å². The maximum atomic E-state index is 6.21. The Balaban J connectivity index is 1.37. The second-order valence-corrected chi connectivity index (χ2v) is 8.03. The van der Waals surface area contributed by atoms with E-state index in [9.17, 15) is 0 Å². The fourth-order valence-corrected chi connectivity index (χ4v) is 4.13. The number of anilines is 1. The molecule has 4 nitrogen and oxygen atoms in total. The number of nitrogens with one attached hydrogen (secondary N) is 1. The van der Waals surface area contributed by atoms with Crippen molar-refractivity contribution in [2.45, 2.75) is 13.0 Å². The van der Waals surface area contributed by atoms with Crippen LogP contribution in [-0.2, 0) is 4.74 Å². The van der Waals surface area contributed by atoms with Crippen LogP contribution in [0.3, 0.4) is 0 Å². The van der Waals surface area contributed by atoms with Crippen molar-refractivity contribution >= 4 is 35.0 Å². The first-order valence-electron chi connectivity index (χ1n) is 9.57. The van der Waals surface area contributed by atoms with Gasteiger partial charge in [-0.3, -0.25) is 0 Å². The van der Waals surface area contributed by atoms with E-state index >= 15 is 0 Å². The van der Waals surface area contributed by atoms with Gasteiger partial charge in [0.15, 0.2) is 0 Å². The van der Waals surface area contributed by atoms with Crippen LogP contribution in [0, 0.1) is 0 Å². The molecule has 2 heterocycles. The zero-order valence-electron chi connectivity index (χ0n) is 15.9. The largest absolute Gasteiger partial charge is 0.487 e. The molecule has 1 fully saturated rings. The van der Waals surface area contributed by atoms with Gasteiger partial charge in [0.05, 0.1) is 18.2 Å². The van der Waals surface area contributed by atoms with Crippen molar-refractivity contribution in [2.24, 2.45) is 0 Å². The Labute approximate surface area is 176 Å². The third-order valence-electron chi connectivity index (χ3n) is 5.20. The van der Waals surface area contributed by atoms with E-state index in [0.717, 1.165) is 38.4 Å². The SMILES string of the molecule is CC(NCC1=Cc2cc(Cl)cc(Cl)c2OC1)c1ccc(N2CCOCC2)cc1. The lowest BCUT2D eigenvalue weighted by Gasteiger charge is -2.29. The summed E-state index contributed by atoms with van der Waals surface area (Å²) in [5.41, 5.74) is 4.62. The molecule has 0 spiro atoms. The summed E-state index contributed by atoms with van der Waals surface area (Å²) in [7, 11) is 0. The van der Waals surface area contributed by atoms with Gasteiger partial charge < -0.3 is 19.7 Å². The highest BCUT2D eigenvalue weighted by Gasteiger charge is 2.17. The van der Waals surface area contributed by atoms with Crippen LogP contribution < -0.4 is 15.0 Å². The predicted octanol–water partition coefficient (Wildman–Crippen LogP) is 4.96. The summed E-state index contributed by atoms with van der Waals surface area (Å²) in [6.07, 6.45) is 2.11. The standard InChI is InChI=1S/C22H24Cl2N2O2/c1-15(17-2-4-20(5-3-17)26-6-8-27-9-7-26)25-13-16-10-18-11-19(23)12-21(24)22(18)28-14-16/h2-5,10-12,15,25H,6-9,13-14H2,1H3. The number of hydrogen-bond acceptors (Lipinski definition) is 4. The molecule has 2 aliphatic rings.